The van der Waals surface area contributed by atoms with Crippen LogP contribution in [0.5, 0.6) is 0 Å². The van der Waals surface area contributed by atoms with E-state index < -0.39 is 11.5 Å². The lowest BCUT2D eigenvalue weighted by Gasteiger charge is -2.24. The van der Waals surface area contributed by atoms with Crippen LogP contribution >= 0.6 is 0 Å². The maximum absolute atomic E-state index is 12.7. The summed E-state index contributed by atoms with van der Waals surface area (Å²) in [6, 6.07) is 6.08. The Kier molecular flexibility index (Phi) is 6.30. The van der Waals surface area contributed by atoms with Crippen molar-refractivity contribution >= 4 is 11.9 Å². The number of aliphatic carboxylic acids is 1. The molecule has 1 amide bonds. The van der Waals surface area contributed by atoms with E-state index in [1.54, 1.807) is 26.0 Å². The number of carboxylic acids is 1. The number of amides is 1. The molecule has 1 rings (SSSR count). The number of hydrogen-bond donors (Lipinski definition) is 3. The maximum Gasteiger partial charge on any atom is 0.323 e. The van der Waals surface area contributed by atoms with Crippen LogP contribution in [-0.2, 0) is 16.0 Å². The lowest BCUT2D eigenvalue weighted by molar-refractivity contribution is -0.144. The second-order valence-electron chi connectivity index (χ2n) is 5.07. The molecule has 0 bridgehead atoms. The minimum absolute atomic E-state index is 0.0555. The first kappa shape index (κ1) is 17.1. The minimum atomic E-state index is -1.10. The summed E-state index contributed by atoms with van der Waals surface area (Å²) in [5, 5.41) is 14.5. The fourth-order valence-corrected chi connectivity index (χ4v) is 1.69. The minimum Gasteiger partial charge on any atom is -0.480 e. The molecule has 21 heavy (non-hydrogen) atoms. The summed E-state index contributed by atoms with van der Waals surface area (Å²) in [5.74, 6) is -1.54. The van der Waals surface area contributed by atoms with Gasteiger partial charge in [0, 0.05) is 6.54 Å². The fourth-order valence-electron chi connectivity index (χ4n) is 1.69. The Bertz CT molecular complexity index is 490. The predicted molar refractivity (Wildman–Crippen MR) is 77.4 cm³/mol. The van der Waals surface area contributed by atoms with Crippen molar-refractivity contribution in [3.63, 3.8) is 0 Å². The van der Waals surface area contributed by atoms with E-state index in [2.05, 4.69) is 10.6 Å². The highest BCUT2D eigenvalue weighted by Gasteiger charge is 2.30. The summed E-state index contributed by atoms with van der Waals surface area (Å²) >= 11 is 0. The second-order valence-corrected chi connectivity index (χ2v) is 5.07. The summed E-state index contributed by atoms with van der Waals surface area (Å²) in [6.45, 7) is 3.65. The number of carbonyl (C=O) groups is 2. The molecule has 1 aromatic rings. The molecule has 0 fully saturated rings. The van der Waals surface area contributed by atoms with E-state index in [9.17, 15) is 14.0 Å². The Balaban J connectivity index is 2.31. The molecule has 0 radical (unpaired) electrons. The van der Waals surface area contributed by atoms with Crippen LogP contribution in [0.1, 0.15) is 25.8 Å². The van der Waals surface area contributed by atoms with Gasteiger partial charge in [-0.2, -0.15) is 0 Å². The standard InChI is InChI=1S/C15H21FN2O3/c1-3-15(2,14(20)21)18-10-13(19)17-9-8-11-4-6-12(16)7-5-11/h4-7,18H,3,8-10H2,1-2H3,(H,17,19)(H,20,21). The Morgan fingerprint density at radius 2 is 1.90 bits per heavy atom. The quantitative estimate of drug-likeness (QED) is 0.676. The highest BCUT2D eigenvalue weighted by atomic mass is 19.1. The maximum atomic E-state index is 12.7. The third kappa shape index (κ3) is 5.51. The van der Waals surface area contributed by atoms with E-state index in [4.69, 9.17) is 5.11 Å². The van der Waals surface area contributed by atoms with E-state index in [-0.39, 0.29) is 18.3 Å². The van der Waals surface area contributed by atoms with E-state index in [1.807, 2.05) is 0 Å². The van der Waals surface area contributed by atoms with Gasteiger partial charge >= 0.3 is 5.97 Å². The molecule has 0 aromatic heterocycles. The van der Waals surface area contributed by atoms with Gasteiger partial charge in [0.1, 0.15) is 11.4 Å². The van der Waals surface area contributed by atoms with Crippen LogP contribution in [0.2, 0.25) is 0 Å². The highest BCUT2D eigenvalue weighted by Crippen LogP contribution is 2.08. The van der Waals surface area contributed by atoms with Crippen LogP contribution in [0.4, 0.5) is 4.39 Å². The van der Waals surface area contributed by atoms with Crippen LogP contribution in [0.3, 0.4) is 0 Å². The zero-order chi connectivity index (χ0) is 15.9. The Hall–Kier alpha value is -1.95. The molecular formula is C15H21FN2O3. The van der Waals surface area contributed by atoms with Gasteiger partial charge in [0.25, 0.3) is 0 Å². The molecular weight excluding hydrogens is 275 g/mol. The van der Waals surface area contributed by atoms with E-state index in [0.29, 0.717) is 19.4 Å². The highest BCUT2D eigenvalue weighted by molar-refractivity contribution is 5.81. The van der Waals surface area contributed by atoms with Crippen molar-refractivity contribution in [2.24, 2.45) is 0 Å². The second kappa shape index (κ2) is 7.73. The number of rotatable bonds is 8. The molecule has 0 aliphatic heterocycles. The van der Waals surface area contributed by atoms with Crippen LogP contribution in [0, 0.1) is 5.82 Å². The topological polar surface area (TPSA) is 78.4 Å². The van der Waals surface area contributed by atoms with Crippen molar-refractivity contribution in [1.29, 1.82) is 0 Å². The van der Waals surface area contributed by atoms with Crippen molar-refractivity contribution in [3.05, 3.63) is 35.6 Å². The molecule has 1 aromatic carbocycles. The molecule has 116 valence electrons. The zero-order valence-electron chi connectivity index (χ0n) is 12.3. The molecule has 6 heteroatoms. The molecule has 5 nitrogen and oxygen atoms in total. The molecule has 0 aliphatic rings. The number of hydrogen-bond acceptors (Lipinski definition) is 3. The van der Waals surface area contributed by atoms with Gasteiger partial charge in [-0.15, -0.1) is 0 Å². The van der Waals surface area contributed by atoms with Crippen molar-refractivity contribution in [2.75, 3.05) is 13.1 Å². The summed E-state index contributed by atoms with van der Waals surface area (Å²) in [5.41, 5.74) is -0.178. The number of carbonyl (C=O) groups excluding carboxylic acids is 1. The molecule has 3 N–H and O–H groups in total. The Morgan fingerprint density at radius 1 is 1.29 bits per heavy atom. The van der Waals surface area contributed by atoms with E-state index >= 15 is 0 Å². The Morgan fingerprint density at radius 3 is 2.43 bits per heavy atom. The lowest BCUT2D eigenvalue weighted by Crippen LogP contribution is -2.52. The molecule has 0 aliphatic carbocycles. The van der Waals surface area contributed by atoms with Crippen molar-refractivity contribution < 1.29 is 19.1 Å². The summed E-state index contributed by atoms with van der Waals surface area (Å²) < 4.78 is 12.7. The summed E-state index contributed by atoms with van der Waals surface area (Å²) in [4.78, 5) is 22.7. The third-order valence-corrected chi connectivity index (χ3v) is 3.47. The van der Waals surface area contributed by atoms with Gasteiger partial charge in [0.05, 0.1) is 6.54 Å². The summed E-state index contributed by atoms with van der Waals surface area (Å²) in [7, 11) is 0. The van der Waals surface area contributed by atoms with Crippen molar-refractivity contribution in [3.8, 4) is 0 Å². The Labute approximate surface area is 123 Å². The predicted octanol–water partition coefficient (Wildman–Crippen LogP) is 1.33. The van der Waals surface area contributed by atoms with Gasteiger partial charge in [0.2, 0.25) is 5.91 Å². The summed E-state index contributed by atoms with van der Waals surface area (Å²) in [6.07, 6.45) is 0.973. The fraction of sp³-hybridized carbons (Fsp3) is 0.467. The first-order chi connectivity index (χ1) is 9.87. The van der Waals surface area contributed by atoms with Crippen LogP contribution in [-0.4, -0.2) is 35.6 Å². The molecule has 0 spiro atoms. The van der Waals surface area contributed by atoms with E-state index in [1.165, 1.54) is 12.1 Å². The van der Waals surface area contributed by atoms with E-state index in [0.717, 1.165) is 5.56 Å². The number of benzene rings is 1. The molecule has 0 saturated carbocycles. The first-order valence-corrected chi connectivity index (χ1v) is 6.87. The van der Waals surface area contributed by atoms with Gasteiger partial charge < -0.3 is 10.4 Å². The van der Waals surface area contributed by atoms with Crippen LogP contribution in [0.15, 0.2) is 24.3 Å². The average molecular weight is 296 g/mol. The number of halogens is 1. The van der Waals surface area contributed by atoms with Gasteiger partial charge in [0.15, 0.2) is 0 Å². The third-order valence-electron chi connectivity index (χ3n) is 3.47. The zero-order valence-corrected chi connectivity index (χ0v) is 12.3. The average Bonchev–Trinajstić information content (AvgIpc) is 2.46. The van der Waals surface area contributed by atoms with Gasteiger partial charge in [-0.1, -0.05) is 19.1 Å². The lowest BCUT2D eigenvalue weighted by atomic mass is 9.99. The van der Waals surface area contributed by atoms with Crippen molar-refractivity contribution in [1.82, 2.24) is 10.6 Å². The van der Waals surface area contributed by atoms with Gasteiger partial charge in [-0.3, -0.25) is 14.9 Å². The normalized spacial score (nSPS) is 13.5. The SMILES string of the molecule is CCC(C)(NCC(=O)NCCc1ccc(F)cc1)C(=O)O. The number of nitrogens with one attached hydrogen (secondary N) is 2. The molecule has 0 saturated heterocycles. The molecule has 1 atom stereocenters. The molecule has 0 heterocycles. The van der Waals surface area contributed by atoms with Crippen molar-refractivity contribution in [2.45, 2.75) is 32.2 Å². The van der Waals surface area contributed by atoms with Crippen LogP contribution < -0.4 is 10.6 Å². The van der Waals surface area contributed by atoms with Crippen LogP contribution in [0.25, 0.3) is 0 Å². The van der Waals surface area contributed by atoms with Gasteiger partial charge in [-0.05, 0) is 37.5 Å². The van der Waals surface area contributed by atoms with Gasteiger partial charge in [-0.25, -0.2) is 4.39 Å². The largest absolute Gasteiger partial charge is 0.480 e. The first-order valence-electron chi connectivity index (χ1n) is 6.87. The monoisotopic (exact) mass is 296 g/mol. The molecule has 1 unspecified atom stereocenters. The smallest absolute Gasteiger partial charge is 0.323 e. The number of carboxylic acid groups (broad SMARTS) is 1.